The Hall–Kier alpha value is 0.430. The van der Waals surface area contributed by atoms with Gasteiger partial charge in [0.2, 0.25) is 0 Å². The molecular weight excluding hydrogens is 151 g/mol. The average Bonchev–Trinajstić information content (AvgIpc) is 2.52. The van der Waals surface area contributed by atoms with Crippen LogP contribution >= 0.6 is 7.92 Å². The number of hydrogen-bond donors (Lipinski definition) is 0. The standard InChI is InChI=1S/C10H21P/c1-3-11(2)9-8-10-6-4-5-7-10/h10H,3-9H2,1-2H3. The Morgan fingerprint density at radius 3 is 2.45 bits per heavy atom. The third-order valence-electron chi connectivity index (χ3n) is 2.93. The Morgan fingerprint density at radius 1 is 1.27 bits per heavy atom. The Morgan fingerprint density at radius 2 is 1.91 bits per heavy atom. The van der Waals surface area contributed by atoms with Gasteiger partial charge in [0.25, 0.3) is 0 Å². The van der Waals surface area contributed by atoms with Crippen LogP contribution in [0.1, 0.15) is 39.0 Å². The molecule has 1 aliphatic rings. The molecule has 66 valence electrons. The van der Waals surface area contributed by atoms with Gasteiger partial charge in [-0.1, -0.05) is 32.6 Å². The zero-order valence-electron chi connectivity index (χ0n) is 7.97. The van der Waals surface area contributed by atoms with E-state index in [-0.39, 0.29) is 0 Å². The summed E-state index contributed by atoms with van der Waals surface area (Å²) in [7, 11) is 0.405. The van der Waals surface area contributed by atoms with Crippen molar-refractivity contribution in [1.29, 1.82) is 0 Å². The molecule has 0 radical (unpaired) electrons. The van der Waals surface area contributed by atoms with Gasteiger partial charge in [0, 0.05) is 0 Å². The van der Waals surface area contributed by atoms with E-state index in [0.29, 0.717) is 7.92 Å². The van der Waals surface area contributed by atoms with Crippen LogP contribution in [-0.4, -0.2) is 19.0 Å². The van der Waals surface area contributed by atoms with Gasteiger partial charge in [-0.15, -0.1) is 7.92 Å². The molecule has 0 spiro atoms. The summed E-state index contributed by atoms with van der Waals surface area (Å²) in [6.07, 6.45) is 10.6. The van der Waals surface area contributed by atoms with Crippen LogP contribution < -0.4 is 0 Å². The third-order valence-corrected chi connectivity index (χ3v) is 5.03. The summed E-state index contributed by atoms with van der Waals surface area (Å²) >= 11 is 0. The molecular formula is C10H21P. The number of rotatable bonds is 4. The number of hydrogen-bond acceptors (Lipinski definition) is 0. The Balaban J connectivity index is 2.01. The molecule has 0 aliphatic heterocycles. The van der Waals surface area contributed by atoms with Gasteiger partial charge < -0.3 is 0 Å². The van der Waals surface area contributed by atoms with Crippen molar-refractivity contribution in [2.45, 2.75) is 39.0 Å². The molecule has 1 fully saturated rings. The van der Waals surface area contributed by atoms with Crippen molar-refractivity contribution in [1.82, 2.24) is 0 Å². The molecule has 1 heteroatoms. The fourth-order valence-electron chi connectivity index (χ4n) is 1.86. The van der Waals surface area contributed by atoms with E-state index in [2.05, 4.69) is 13.6 Å². The summed E-state index contributed by atoms with van der Waals surface area (Å²) in [6, 6.07) is 0. The summed E-state index contributed by atoms with van der Waals surface area (Å²) in [5.74, 6) is 1.12. The molecule has 1 rings (SSSR count). The molecule has 0 aromatic rings. The first-order valence-electron chi connectivity index (χ1n) is 5.01. The summed E-state index contributed by atoms with van der Waals surface area (Å²) < 4.78 is 0. The van der Waals surface area contributed by atoms with Gasteiger partial charge in [-0.05, 0) is 31.3 Å². The van der Waals surface area contributed by atoms with Crippen LogP contribution in [0.2, 0.25) is 0 Å². The van der Waals surface area contributed by atoms with Gasteiger partial charge in [-0.2, -0.15) is 0 Å². The second-order valence-corrected chi connectivity index (χ2v) is 6.63. The molecule has 1 atom stereocenters. The Kier molecular flexibility index (Phi) is 4.45. The maximum atomic E-state index is 2.45. The van der Waals surface area contributed by atoms with E-state index in [1.165, 1.54) is 44.4 Å². The average molecular weight is 172 g/mol. The van der Waals surface area contributed by atoms with Crippen molar-refractivity contribution >= 4 is 7.92 Å². The molecule has 1 aliphatic carbocycles. The molecule has 0 bridgehead atoms. The van der Waals surface area contributed by atoms with Gasteiger partial charge in [0.05, 0.1) is 0 Å². The third kappa shape index (κ3) is 3.56. The molecule has 0 aromatic carbocycles. The molecule has 0 amide bonds. The van der Waals surface area contributed by atoms with Crippen molar-refractivity contribution < 1.29 is 0 Å². The second kappa shape index (κ2) is 5.14. The van der Waals surface area contributed by atoms with Crippen LogP contribution in [-0.2, 0) is 0 Å². The lowest BCUT2D eigenvalue weighted by Gasteiger charge is -2.12. The van der Waals surface area contributed by atoms with Gasteiger partial charge in [-0.25, -0.2) is 0 Å². The monoisotopic (exact) mass is 172 g/mol. The highest BCUT2D eigenvalue weighted by atomic mass is 31.1. The molecule has 11 heavy (non-hydrogen) atoms. The Bertz CT molecular complexity index is 95.0. The smallest absolute Gasteiger partial charge is 0.0326 e. The van der Waals surface area contributed by atoms with Gasteiger partial charge >= 0.3 is 0 Å². The normalized spacial score (nSPS) is 22.4. The van der Waals surface area contributed by atoms with Crippen LogP contribution in [0.25, 0.3) is 0 Å². The van der Waals surface area contributed by atoms with Crippen LogP contribution in [0, 0.1) is 5.92 Å². The molecule has 0 aromatic heterocycles. The van der Waals surface area contributed by atoms with Gasteiger partial charge in [0.1, 0.15) is 0 Å². The minimum atomic E-state index is 0.405. The van der Waals surface area contributed by atoms with Crippen molar-refractivity contribution in [3.05, 3.63) is 0 Å². The van der Waals surface area contributed by atoms with Gasteiger partial charge in [-0.3, -0.25) is 0 Å². The predicted molar refractivity (Wildman–Crippen MR) is 54.8 cm³/mol. The first-order valence-corrected chi connectivity index (χ1v) is 7.17. The molecule has 0 saturated heterocycles. The molecule has 0 nitrogen and oxygen atoms in total. The Labute approximate surface area is 72.5 Å². The van der Waals surface area contributed by atoms with E-state index >= 15 is 0 Å². The van der Waals surface area contributed by atoms with E-state index in [9.17, 15) is 0 Å². The van der Waals surface area contributed by atoms with Crippen molar-refractivity contribution in [3.8, 4) is 0 Å². The highest BCUT2D eigenvalue weighted by molar-refractivity contribution is 7.56. The van der Waals surface area contributed by atoms with Crippen LogP contribution in [0.5, 0.6) is 0 Å². The fourth-order valence-corrected chi connectivity index (χ4v) is 2.98. The maximum absolute atomic E-state index is 2.45. The summed E-state index contributed by atoms with van der Waals surface area (Å²) in [4.78, 5) is 0. The topological polar surface area (TPSA) is 0 Å². The SMILES string of the molecule is CCP(C)CCC1CCCC1. The van der Waals surface area contributed by atoms with Gasteiger partial charge in [0.15, 0.2) is 0 Å². The molecule has 0 N–H and O–H groups in total. The summed E-state index contributed by atoms with van der Waals surface area (Å²) in [5.41, 5.74) is 0. The first-order chi connectivity index (χ1) is 5.33. The minimum absolute atomic E-state index is 0.405. The van der Waals surface area contributed by atoms with Crippen molar-refractivity contribution in [2.24, 2.45) is 5.92 Å². The molecule has 1 saturated carbocycles. The zero-order chi connectivity index (χ0) is 8.10. The van der Waals surface area contributed by atoms with E-state index in [1.807, 2.05) is 0 Å². The van der Waals surface area contributed by atoms with Crippen molar-refractivity contribution in [3.63, 3.8) is 0 Å². The quantitative estimate of drug-likeness (QED) is 0.567. The second-order valence-electron chi connectivity index (χ2n) is 3.84. The summed E-state index contributed by atoms with van der Waals surface area (Å²) in [5, 5.41) is 0. The van der Waals surface area contributed by atoms with E-state index in [4.69, 9.17) is 0 Å². The maximum Gasteiger partial charge on any atom is -0.0326 e. The van der Waals surface area contributed by atoms with E-state index in [0.717, 1.165) is 5.92 Å². The van der Waals surface area contributed by atoms with E-state index in [1.54, 1.807) is 0 Å². The minimum Gasteiger partial charge on any atom is -0.110 e. The van der Waals surface area contributed by atoms with Crippen molar-refractivity contribution in [2.75, 3.05) is 19.0 Å². The molecule has 1 unspecified atom stereocenters. The lowest BCUT2D eigenvalue weighted by molar-refractivity contribution is 0.534. The largest absolute Gasteiger partial charge is 0.110 e. The lowest BCUT2D eigenvalue weighted by atomic mass is 10.1. The van der Waals surface area contributed by atoms with Crippen LogP contribution in [0.4, 0.5) is 0 Å². The van der Waals surface area contributed by atoms with Crippen LogP contribution in [0.15, 0.2) is 0 Å². The highest BCUT2D eigenvalue weighted by Crippen LogP contribution is 2.35. The fraction of sp³-hybridized carbons (Fsp3) is 1.00. The highest BCUT2D eigenvalue weighted by Gasteiger charge is 2.14. The van der Waals surface area contributed by atoms with E-state index < -0.39 is 0 Å². The zero-order valence-corrected chi connectivity index (χ0v) is 8.87. The summed E-state index contributed by atoms with van der Waals surface area (Å²) in [6.45, 7) is 4.78. The van der Waals surface area contributed by atoms with Crippen LogP contribution in [0.3, 0.4) is 0 Å². The first kappa shape index (κ1) is 9.52. The molecule has 0 heterocycles. The lowest BCUT2D eigenvalue weighted by Crippen LogP contribution is -1.96. The predicted octanol–water partition coefficient (Wildman–Crippen LogP) is 3.70.